The molecule has 3 unspecified atom stereocenters. The van der Waals surface area contributed by atoms with E-state index in [0.717, 1.165) is 41.8 Å². The highest BCUT2D eigenvalue weighted by molar-refractivity contribution is 7.84. The molecule has 4 rings (SSSR count). The third-order valence-corrected chi connectivity index (χ3v) is 7.34. The SMILES string of the molecule is CC(CCc1ccccc1)C1CCc2c(cn(C)c2C(=O)Nc2ccncc2)S(=N)N1. The first-order valence-corrected chi connectivity index (χ1v) is 11.9. The number of amides is 1. The molecule has 3 heterocycles. The molecule has 7 heteroatoms. The minimum Gasteiger partial charge on any atom is -0.345 e. The summed E-state index contributed by atoms with van der Waals surface area (Å²) in [5.41, 5.74) is 3.72. The second-order valence-electron chi connectivity index (χ2n) is 8.19. The van der Waals surface area contributed by atoms with Crippen LogP contribution in [0.25, 0.3) is 0 Å². The third kappa shape index (κ3) is 4.94. The van der Waals surface area contributed by atoms with E-state index < -0.39 is 10.9 Å². The predicted octanol–water partition coefficient (Wildman–Crippen LogP) is 4.50. The van der Waals surface area contributed by atoms with Gasteiger partial charge in [-0.25, -0.2) is 4.72 Å². The summed E-state index contributed by atoms with van der Waals surface area (Å²) in [5, 5.41) is 2.96. The number of carbonyl (C=O) groups excluding carboxylic acids is 1. The number of aromatic nitrogens is 2. The van der Waals surface area contributed by atoms with E-state index in [0.29, 0.717) is 11.6 Å². The van der Waals surface area contributed by atoms with E-state index in [1.54, 1.807) is 24.5 Å². The maximum absolute atomic E-state index is 13.0. The Labute approximate surface area is 186 Å². The largest absolute Gasteiger partial charge is 0.345 e. The zero-order valence-corrected chi connectivity index (χ0v) is 18.8. The molecule has 1 aromatic carbocycles. The minimum absolute atomic E-state index is 0.137. The zero-order valence-electron chi connectivity index (χ0n) is 18.0. The van der Waals surface area contributed by atoms with E-state index >= 15 is 0 Å². The number of aryl methyl sites for hydroxylation is 2. The van der Waals surface area contributed by atoms with E-state index in [1.807, 2.05) is 23.9 Å². The van der Waals surface area contributed by atoms with Gasteiger partial charge in [0.15, 0.2) is 0 Å². The summed E-state index contributed by atoms with van der Waals surface area (Å²) in [7, 11) is 1.04. The molecular formula is C24H29N5OS. The molecule has 1 aliphatic rings. The van der Waals surface area contributed by atoms with Crippen molar-refractivity contribution in [3.63, 3.8) is 0 Å². The Morgan fingerprint density at radius 1 is 1.29 bits per heavy atom. The standard InChI is InChI=1S/C24H29N5OS/c1-17(8-9-18-6-4-3-5-7-18)21-11-10-20-22(31(25)28-21)16-29(2)23(20)24(30)27-19-12-14-26-15-13-19/h3-7,12-17,21H,8-11H2,1-2H3,(H2,25,28)(H,26,27,30). The Balaban J connectivity index is 1.47. The maximum atomic E-state index is 13.0. The molecule has 0 saturated heterocycles. The van der Waals surface area contributed by atoms with Crippen LogP contribution in [0.1, 0.15) is 41.4 Å². The molecule has 3 aromatic rings. The van der Waals surface area contributed by atoms with Gasteiger partial charge in [-0.3, -0.25) is 14.6 Å². The highest BCUT2D eigenvalue weighted by atomic mass is 32.2. The maximum Gasteiger partial charge on any atom is 0.272 e. The van der Waals surface area contributed by atoms with Crippen LogP contribution in [0.3, 0.4) is 0 Å². The lowest BCUT2D eigenvalue weighted by Crippen LogP contribution is -2.35. The van der Waals surface area contributed by atoms with E-state index in [9.17, 15) is 4.79 Å². The van der Waals surface area contributed by atoms with Crippen molar-refractivity contribution in [2.45, 2.75) is 43.5 Å². The van der Waals surface area contributed by atoms with Crippen LogP contribution in [-0.4, -0.2) is 21.5 Å². The number of benzene rings is 1. The summed E-state index contributed by atoms with van der Waals surface area (Å²) in [6.45, 7) is 2.27. The summed E-state index contributed by atoms with van der Waals surface area (Å²) in [4.78, 5) is 18.0. The van der Waals surface area contributed by atoms with E-state index in [4.69, 9.17) is 4.78 Å². The fourth-order valence-corrected chi connectivity index (χ4v) is 5.69. The molecule has 0 aliphatic carbocycles. The molecule has 6 nitrogen and oxygen atoms in total. The Hall–Kier alpha value is -2.77. The fourth-order valence-electron chi connectivity index (χ4n) is 4.20. The van der Waals surface area contributed by atoms with Gasteiger partial charge < -0.3 is 9.88 Å². The summed E-state index contributed by atoms with van der Waals surface area (Å²) in [6, 6.07) is 14.4. The van der Waals surface area contributed by atoms with Crippen LogP contribution >= 0.6 is 0 Å². The number of nitrogens with one attached hydrogen (secondary N) is 3. The summed E-state index contributed by atoms with van der Waals surface area (Å²) < 4.78 is 14.1. The van der Waals surface area contributed by atoms with Gasteiger partial charge in [0.1, 0.15) is 5.69 Å². The Morgan fingerprint density at radius 3 is 2.77 bits per heavy atom. The van der Waals surface area contributed by atoms with Gasteiger partial charge in [0.25, 0.3) is 5.91 Å². The Bertz CT molecular complexity index is 1060. The second-order valence-corrected chi connectivity index (χ2v) is 9.48. The van der Waals surface area contributed by atoms with Gasteiger partial charge >= 0.3 is 0 Å². The summed E-state index contributed by atoms with van der Waals surface area (Å²) >= 11 is 0. The number of rotatable bonds is 6. The predicted molar refractivity (Wildman–Crippen MR) is 125 cm³/mol. The Kier molecular flexibility index (Phi) is 6.63. The lowest BCUT2D eigenvalue weighted by atomic mass is 9.91. The molecule has 1 amide bonds. The van der Waals surface area contributed by atoms with Crippen molar-refractivity contribution >= 4 is 22.5 Å². The van der Waals surface area contributed by atoms with Crippen LogP contribution in [-0.2, 0) is 30.8 Å². The van der Waals surface area contributed by atoms with Crippen molar-refractivity contribution in [3.8, 4) is 0 Å². The first-order chi connectivity index (χ1) is 15.0. The van der Waals surface area contributed by atoms with E-state index in [-0.39, 0.29) is 11.9 Å². The number of hydrogen-bond donors (Lipinski definition) is 3. The fraction of sp³-hybridized carbons (Fsp3) is 0.333. The van der Waals surface area contributed by atoms with Gasteiger partial charge in [-0.15, -0.1) is 0 Å². The van der Waals surface area contributed by atoms with Gasteiger partial charge in [0, 0.05) is 37.4 Å². The van der Waals surface area contributed by atoms with E-state index in [1.165, 1.54) is 5.56 Å². The van der Waals surface area contributed by atoms with Crippen molar-refractivity contribution in [2.24, 2.45) is 13.0 Å². The quantitative estimate of drug-likeness (QED) is 0.533. The summed E-state index contributed by atoms with van der Waals surface area (Å²) in [6.07, 6.45) is 9.10. The monoisotopic (exact) mass is 435 g/mol. The summed E-state index contributed by atoms with van der Waals surface area (Å²) in [5.74, 6) is 0.315. The van der Waals surface area contributed by atoms with Crippen molar-refractivity contribution in [1.82, 2.24) is 14.3 Å². The number of anilines is 1. The van der Waals surface area contributed by atoms with Gasteiger partial charge in [-0.1, -0.05) is 37.3 Å². The average molecular weight is 436 g/mol. The second kappa shape index (κ2) is 9.58. The first kappa shape index (κ1) is 21.5. The number of fused-ring (bicyclic) bond motifs is 1. The van der Waals surface area contributed by atoms with Crippen LogP contribution in [0.5, 0.6) is 0 Å². The van der Waals surface area contributed by atoms with Crippen molar-refractivity contribution < 1.29 is 4.79 Å². The van der Waals surface area contributed by atoms with Gasteiger partial charge in [0.05, 0.1) is 4.90 Å². The van der Waals surface area contributed by atoms with E-state index in [2.05, 4.69) is 46.2 Å². The molecule has 0 bridgehead atoms. The Morgan fingerprint density at radius 2 is 2.03 bits per heavy atom. The van der Waals surface area contributed by atoms with Crippen molar-refractivity contribution in [2.75, 3.05) is 5.32 Å². The molecule has 31 heavy (non-hydrogen) atoms. The lowest BCUT2D eigenvalue weighted by molar-refractivity contribution is 0.101. The smallest absolute Gasteiger partial charge is 0.272 e. The molecule has 162 valence electrons. The molecule has 3 atom stereocenters. The average Bonchev–Trinajstić information content (AvgIpc) is 3.04. The van der Waals surface area contributed by atoms with Crippen molar-refractivity contribution in [3.05, 3.63) is 77.9 Å². The minimum atomic E-state index is -0.845. The third-order valence-electron chi connectivity index (χ3n) is 6.01. The molecular weight excluding hydrogens is 406 g/mol. The number of carbonyl (C=O) groups is 1. The van der Waals surface area contributed by atoms with Crippen LogP contribution in [0, 0.1) is 10.7 Å². The van der Waals surface area contributed by atoms with Crippen LogP contribution in [0.15, 0.2) is 66.0 Å². The zero-order chi connectivity index (χ0) is 21.8. The molecule has 1 aliphatic heterocycles. The highest BCUT2D eigenvalue weighted by Crippen LogP contribution is 2.29. The van der Waals surface area contributed by atoms with Crippen LogP contribution in [0.2, 0.25) is 0 Å². The molecule has 0 fully saturated rings. The molecule has 0 spiro atoms. The number of pyridine rings is 1. The molecule has 0 saturated carbocycles. The van der Waals surface area contributed by atoms with Crippen molar-refractivity contribution in [1.29, 1.82) is 4.78 Å². The number of hydrogen-bond acceptors (Lipinski definition) is 3. The van der Waals surface area contributed by atoms with Crippen LogP contribution < -0.4 is 10.0 Å². The first-order valence-electron chi connectivity index (χ1n) is 10.7. The van der Waals surface area contributed by atoms with Crippen LogP contribution in [0.4, 0.5) is 5.69 Å². The lowest BCUT2D eigenvalue weighted by Gasteiger charge is -2.24. The topological polar surface area (TPSA) is 82.8 Å². The normalized spacial score (nSPS) is 19.3. The molecule has 2 aromatic heterocycles. The number of nitrogens with zero attached hydrogens (tertiary/aromatic N) is 2. The van der Waals surface area contributed by atoms with Gasteiger partial charge in [0.2, 0.25) is 0 Å². The van der Waals surface area contributed by atoms with Gasteiger partial charge in [-0.2, -0.15) is 0 Å². The molecule has 0 radical (unpaired) electrons. The van der Waals surface area contributed by atoms with Gasteiger partial charge in [-0.05, 0) is 65.7 Å². The highest BCUT2D eigenvalue weighted by Gasteiger charge is 2.29. The molecule has 3 N–H and O–H groups in total.